The highest BCUT2D eigenvalue weighted by atomic mass is 16.4. The molecule has 0 aliphatic heterocycles. The highest BCUT2D eigenvalue weighted by Crippen LogP contribution is 2.31. The third-order valence-electron chi connectivity index (χ3n) is 6.52. The lowest BCUT2D eigenvalue weighted by molar-refractivity contribution is 0.426. The normalized spacial score (nSPS) is 11.1. The number of hydrogen-bond donors (Lipinski definition) is 2. The Morgan fingerprint density at radius 1 is 0.675 bits per heavy atom. The molecule has 40 heavy (non-hydrogen) atoms. The Hall–Kier alpha value is -5.00. The first kappa shape index (κ1) is 25.3. The van der Waals surface area contributed by atoms with E-state index in [1.807, 2.05) is 37.8 Å². The lowest BCUT2D eigenvalue weighted by Crippen LogP contribution is -2.29. The first-order valence-electron chi connectivity index (χ1n) is 12.7. The zero-order chi connectivity index (χ0) is 27.6. The van der Waals surface area contributed by atoms with Gasteiger partial charge in [0.1, 0.15) is 22.1 Å². The number of rotatable bonds is 4. The van der Waals surface area contributed by atoms with E-state index in [0.717, 1.165) is 45.0 Å². The van der Waals surface area contributed by atoms with E-state index >= 15 is 0 Å². The van der Waals surface area contributed by atoms with Crippen molar-refractivity contribution >= 4 is 45.6 Å². The topological polar surface area (TPSA) is 128 Å². The molecule has 0 amide bonds. The molecule has 0 fully saturated rings. The van der Waals surface area contributed by atoms with Gasteiger partial charge in [0.15, 0.2) is 0 Å². The zero-order valence-corrected chi connectivity index (χ0v) is 21.9. The Balaban J connectivity index is 0.000000187. The summed E-state index contributed by atoms with van der Waals surface area (Å²) in [6, 6.07) is 23.8. The van der Waals surface area contributed by atoms with Crippen LogP contribution in [0.2, 0.25) is 0 Å². The fourth-order valence-corrected chi connectivity index (χ4v) is 4.70. The average Bonchev–Trinajstić information content (AvgIpc) is 3.52. The zero-order valence-electron chi connectivity index (χ0n) is 21.9. The van der Waals surface area contributed by atoms with Crippen molar-refractivity contribution in [1.29, 1.82) is 0 Å². The number of pyridine rings is 2. The van der Waals surface area contributed by atoms with Crippen LogP contribution in [0.3, 0.4) is 0 Å². The van der Waals surface area contributed by atoms with Crippen molar-refractivity contribution in [3.63, 3.8) is 0 Å². The third kappa shape index (κ3) is 5.28. The van der Waals surface area contributed by atoms with Gasteiger partial charge in [0.2, 0.25) is 0 Å². The SMILES string of the molecule is Cn1nc2ccc(-c3cc(Cc4ccncc4)cc4cccnc34)cc2n1.Cn1nc2ccc(B(O)O)cc2n1. The van der Waals surface area contributed by atoms with Gasteiger partial charge in [-0.05, 0) is 83.2 Å². The minimum Gasteiger partial charge on any atom is -0.423 e. The van der Waals surface area contributed by atoms with Gasteiger partial charge < -0.3 is 10.0 Å². The van der Waals surface area contributed by atoms with Gasteiger partial charge in [-0.3, -0.25) is 9.97 Å². The molecule has 0 spiro atoms. The second-order valence-electron chi connectivity index (χ2n) is 9.45. The molecule has 3 aromatic carbocycles. The Morgan fingerprint density at radius 2 is 1.35 bits per heavy atom. The summed E-state index contributed by atoms with van der Waals surface area (Å²) >= 11 is 0. The Bertz CT molecular complexity index is 1950. The number of aryl methyl sites for hydroxylation is 2. The second-order valence-corrected chi connectivity index (χ2v) is 9.45. The van der Waals surface area contributed by atoms with Crippen LogP contribution in [0.25, 0.3) is 44.1 Å². The van der Waals surface area contributed by atoms with Crippen molar-refractivity contribution in [3.8, 4) is 11.1 Å². The molecule has 0 saturated carbocycles. The minimum atomic E-state index is -1.45. The summed E-state index contributed by atoms with van der Waals surface area (Å²) in [4.78, 5) is 11.8. The smallest absolute Gasteiger partial charge is 0.423 e. The summed E-state index contributed by atoms with van der Waals surface area (Å²) in [5.74, 6) is 0. The molecule has 0 saturated heterocycles. The molecule has 0 radical (unpaired) electrons. The molecule has 4 heterocycles. The number of fused-ring (bicyclic) bond motifs is 3. The van der Waals surface area contributed by atoms with Gasteiger partial charge in [-0.25, -0.2) is 0 Å². The molecule has 7 rings (SSSR count). The maximum absolute atomic E-state index is 8.89. The van der Waals surface area contributed by atoms with Crippen LogP contribution in [-0.2, 0) is 20.5 Å². The van der Waals surface area contributed by atoms with Crippen molar-refractivity contribution < 1.29 is 10.0 Å². The standard InChI is InChI=1S/C22H17N5.C7H8BN3O2/c1-27-25-20-5-4-17(14-21(20)26-27)19-13-16(11-15-6-9-23-10-7-15)12-18-3-2-8-24-22(18)19;1-11-9-6-3-2-5(8(12)13)4-7(6)10-11/h2-10,12-14H,11H2,1H3;2-4,12-13H,1H3. The van der Waals surface area contributed by atoms with E-state index in [-0.39, 0.29) is 0 Å². The first-order chi connectivity index (χ1) is 19.4. The summed E-state index contributed by atoms with van der Waals surface area (Å²) in [7, 11) is 2.10. The first-order valence-corrected chi connectivity index (χ1v) is 12.7. The largest absolute Gasteiger partial charge is 0.488 e. The van der Waals surface area contributed by atoms with E-state index in [4.69, 9.17) is 10.0 Å². The minimum absolute atomic E-state index is 0.424. The van der Waals surface area contributed by atoms with Gasteiger partial charge in [0, 0.05) is 43.6 Å². The van der Waals surface area contributed by atoms with Crippen LogP contribution in [0, 0.1) is 0 Å². The molecule has 0 unspecified atom stereocenters. The van der Waals surface area contributed by atoms with Crippen molar-refractivity contribution in [3.05, 3.63) is 103 Å². The van der Waals surface area contributed by atoms with Gasteiger partial charge in [-0.15, -0.1) is 0 Å². The van der Waals surface area contributed by atoms with Gasteiger partial charge in [0.05, 0.1) is 5.52 Å². The molecule has 4 aromatic heterocycles. The fourth-order valence-electron chi connectivity index (χ4n) is 4.70. The lowest BCUT2D eigenvalue weighted by Gasteiger charge is -2.10. The molecule has 0 atom stereocenters. The van der Waals surface area contributed by atoms with E-state index < -0.39 is 7.12 Å². The van der Waals surface area contributed by atoms with Crippen LogP contribution in [-0.4, -0.2) is 57.1 Å². The van der Waals surface area contributed by atoms with Crippen molar-refractivity contribution in [2.24, 2.45) is 14.1 Å². The van der Waals surface area contributed by atoms with E-state index in [1.54, 1.807) is 30.0 Å². The van der Waals surface area contributed by atoms with Crippen LogP contribution in [0.15, 0.2) is 91.4 Å². The molecule has 196 valence electrons. The summed E-state index contributed by atoms with van der Waals surface area (Å²) in [6.07, 6.45) is 6.37. The third-order valence-corrected chi connectivity index (χ3v) is 6.52. The van der Waals surface area contributed by atoms with E-state index in [0.29, 0.717) is 11.0 Å². The number of hydrogen-bond acceptors (Lipinski definition) is 8. The molecule has 0 aliphatic carbocycles. The highest BCUT2D eigenvalue weighted by Gasteiger charge is 2.13. The maximum atomic E-state index is 8.89. The second kappa shape index (κ2) is 10.6. The van der Waals surface area contributed by atoms with Crippen molar-refractivity contribution in [2.75, 3.05) is 0 Å². The van der Waals surface area contributed by atoms with Gasteiger partial charge >= 0.3 is 7.12 Å². The summed E-state index contributed by atoms with van der Waals surface area (Å²) in [5, 5.41) is 35.8. The Morgan fingerprint density at radius 3 is 2.08 bits per heavy atom. The lowest BCUT2D eigenvalue weighted by atomic mass is 9.80. The number of aromatic nitrogens is 8. The molecule has 11 heteroatoms. The molecule has 0 bridgehead atoms. The van der Waals surface area contributed by atoms with Gasteiger partial charge in [0.25, 0.3) is 0 Å². The van der Waals surface area contributed by atoms with E-state index in [1.165, 1.54) is 15.9 Å². The van der Waals surface area contributed by atoms with Crippen LogP contribution in [0.4, 0.5) is 0 Å². The molecular formula is C29H25BN8O2. The van der Waals surface area contributed by atoms with Crippen LogP contribution in [0.5, 0.6) is 0 Å². The Kier molecular flexibility index (Phi) is 6.73. The van der Waals surface area contributed by atoms with E-state index in [9.17, 15) is 0 Å². The molecule has 7 aromatic rings. The summed E-state index contributed by atoms with van der Waals surface area (Å²) < 4.78 is 0. The van der Waals surface area contributed by atoms with Gasteiger partial charge in [-0.2, -0.15) is 30.0 Å². The van der Waals surface area contributed by atoms with Crippen LogP contribution >= 0.6 is 0 Å². The maximum Gasteiger partial charge on any atom is 0.488 e. The highest BCUT2D eigenvalue weighted by molar-refractivity contribution is 6.58. The number of nitrogens with zero attached hydrogens (tertiary/aromatic N) is 8. The summed E-state index contributed by atoms with van der Waals surface area (Å²) in [6.45, 7) is 0. The van der Waals surface area contributed by atoms with Crippen LogP contribution in [0.1, 0.15) is 11.1 Å². The van der Waals surface area contributed by atoms with E-state index in [2.05, 4.69) is 72.8 Å². The van der Waals surface area contributed by atoms with Crippen LogP contribution < -0.4 is 5.46 Å². The van der Waals surface area contributed by atoms with Crippen molar-refractivity contribution in [2.45, 2.75) is 6.42 Å². The average molecular weight is 528 g/mol. The molecule has 10 nitrogen and oxygen atoms in total. The number of benzene rings is 3. The predicted molar refractivity (Wildman–Crippen MR) is 155 cm³/mol. The fraction of sp³-hybridized carbons (Fsp3) is 0.103. The summed E-state index contributed by atoms with van der Waals surface area (Å²) in [5.41, 5.74) is 9.31. The predicted octanol–water partition coefficient (Wildman–Crippen LogP) is 2.82. The molecule has 2 N–H and O–H groups in total. The molecular weight excluding hydrogens is 503 g/mol. The Labute approximate surface area is 229 Å². The monoisotopic (exact) mass is 528 g/mol. The molecule has 0 aliphatic rings. The quantitative estimate of drug-likeness (QED) is 0.334. The van der Waals surface area contributed by atoms with Crippen molar-refractivity contribution in [1.82, 2.24) is 40.0 Å². The van der Waals surface area contributed by atoms with Gasteiger partial charge in [-0.1, -0.05) is 18.2 Å².